The molecule has 3 heteroatoms. The second-order valence-corrected chi connectivity index (χ2v) is 4.77. The average molecular weight is 218 g/mol. The Morgan fingerprint density at radius 1 is 1.44 bits per heavy atom. The van der Waals surface area contributed by atoms with Crippen molar-refractivity contribution in [2.75, 3.05) is 38.2 Å². The van der Waals surface area contributed by atoms with E-state index in [-0.39, 0.29) is 0 Å². The van der Waals surface area contributed by atoms with Crippen LogP contribution in [0.1, 0.15) is 5.56 Å². The van der Waals surface area contributed by atoms with Crippen LogP contribution in [0.2, 0.25) is 0 Å². The zero-order chi connectivity index (χ0) is 11.0. The Kier molecular flexibility index (Phi) is 2.48. The number of fused-ring (bicyclic) bond motifs is 1. The highest BCUT2D eigenvalue weighted by atomic mass is 16.5. The fourth-order valence-corrected chi connectivity index (χ4v) is 2.39. The van der Waals surface area contributed by atoms with Crippen molar-refractivity contribution in [1.29, 1.82) is 0 Å². The van der Waals surface area contributed by atoms with Gasteiger partial charge in [0.05, 0.1) is 12.3 Å². The molecule has 0 bridgehead atoms. The number of ether oxygens (including phenoxy) is 1. The molecule has 86 valence electrons. The molecule has 3 nitrogen and oxygen atoms in total. The van der Waals surface area contributed by atoms with E-state index in [1.165, 1.54) is 11.3 Å². The predicted molar refractivity (Wildman–Crippen MR) is 65.3 cm³/mol. The summed E-state index contributed by atoms with van der Waals surface area (Å²) in [5.41, 5.74) is 2.72. The first kappa shape index (κ1) is 9.97. The fourth-order valence-electron chi connectivity index (χ4n) is 2.39. The smallest absolute Gasteiger partial charge is 0.142 e. The molecule has 1 aromatic carbocycles. The lowest BCUT2D eigenvalue weighted by atomic mass is 10.1. The molecule has 3 rings (SSSR count). The van der Waals surface area contributed by atoms with E-state index in [1.54, 1.807) is 0 Å². The summed E-state index contributed by atoms with van der Waals surface area (Å²) in [6.07, 6.45) is 1.15. The Balaban J connectivity index is 1.76. The average Bonchev–Trinajstić information content (AvgIpc) is 2.59. The lowest BCUT2D eigenvalue weighted by molar-refractivity contribution is 0.199. The van der Waals surface area contributed by atoms with Crippen LogP contribution >= 0.6 is 0 Å². The largest absolute Gasteiger partial charge is 0.491 e. The Morgan fingerprint density at radius 2 is 2.31 bits per heavy atom. The quantitative estimate of drug-likeness (QED) is 0.827. The molecule has 2 heterocycles. The normalized spacial score (nSPS) is 19.4. The number of para-hydroxylation sites is 1. The molecule has 1 N–H and O–H groups in total. The van der Waals surface area contributed by atoms with E-state index in [4.69, 9.17) is 4.74 Å². The number of benzene rings is 1. The second kappa shape index (κ2) is 3.98. The minimum Gasteiger partial charge on any atom is -0.491 e. The van der Waals surface area contributed by atoms with Crippen LogP contribution < -0.4 is 15.0 Å². The van der Waals surface area contributed by atoms with Gasteiger partial charge in [-0.05, 0) is 18.1 Å². The SMILES string of the molecule is CN1CCc2cccc(OCC3CNC3)c21. The molecule has 0 radical (unpaired) electrons. The maximum Gasteiger partial charge on any atom is 0.142 e. The van der Waals surface area contributed by atoms with E-state index in [0.29, 0.717) is 5.92 Å². The Bertz CT molecular complexity index is 388. The van der Waals surface area contributed by atoms with Crippen LogP contribution in [0.15, 0.2) is 18.2 Å². The Hall–Kier alpha value is -1.22. The molecule has 1 saturated heterocycles. The highest BCUT2D eigenvalue weighted by molar-refractivity contribution is 5.66. The fraction of sp³-hybridized carbons (Fsp3) is 0.538. The molecule has 0 unspecified atom stereocenters. The van der Waals surface area contributed by atoms with Crippen LogP contribution in [0.25, 0.3) is 0 Å². The van der Waals surface area contributed by atoms with Crippen molar-refractivity contribution in [3.8, 4) is 5.75 Å². The highest BCUT2D eigenvalue weighted by Crippen LogP contribution is 2.36. The molecular weight excluding hydrogens is 200 g/mol. The zero-order valence-corrected chi connectivity index (χ0v) is 9.70. The summed E-state index contributed by atoms with van der Waals surface area (Å²) >= 11 is 0. The van der Waals surface area contributed by atoms with Crippen LogP contribution in [-0.4, -0.2) is 33.3 Å². The van der Waals surface area contributed by atoms with Gasteiger partial charge in [-0.15, -0.1) is 0 Å². The molecule has 0 aromatic heterocycles. The van der Waals surface area contributed by atoms with Crippen molar-refractivity contribution in [3.05, 3.63) is 23.8 Å². The first-order chi connectivity index (χ1) is 7.84. The van der Waals surface area contributed by atoms with Crippen LogP contribution in [0.3, 0.4) is 0 Å². The minimum atomic E-state index is 0.697. The molecule has 0 aliphatic carbocycles. The van der Waals surface area contributed by atoms with Crippen molar-refractivity contribution >= 4 is 5.69 Å². The van der Waals surface area contributed by atoms with Gasteiger partial charge in [0.1, 0.15) is 5.75 Å². The van der Waals surface area contributed by atoms with Gasteiger partial charge in [0.15, 0.2) is 0 Å². The van der Waals surface area contributed by atoms with Crippen LogP contribution in [0, 0.1) is 5.92 Å². The highest BCUT2D eigenvalue weighted by Gasteiger charge is 2.22. The molecule has 1 aromatic rings. The molecular formula is C13H18N2O. The van der Waals surface area contributed by atoms with E-state index in [0.717, 1.165) is 38.4 Å². The van der Waals surface area contributed by atoms with Crippen molar-refractivity contribution in [2.24, 2.45) is 5.92 Å². The number of nitrogens with one attached hydrogen (secondary N) is 1. The van der Waals surface area contributed by atoms with Gasteiger partial charge in [0.2, 0.25) is 0 Å². The topological polar surface area (TPSA) is 24.5 Å². The predicted octanol–water partition coefficient (Wildman–Crippen LogP) is 1.28. The van der Waals surface area contributed by atoms with E-state index < -0.39 is 0 Å². The Labute approximate surface area is 96.4 Å². The minimum absolute atomic E-state index is 0.697. The number of hydrogen-bond donors (Lipinski definition) is 1. The number of rotatable bonds is 3. The summed E-state index contributed by atoms with van der Waals surface area (Å²) in [5, 5.41) is 3.27. The van der Waals surface area contributed by atoms with Gasteiger partial charge in [-0.2, -0.15) is 0 Å². The third-order valence-electron chi connectivity index (χ3n) is 3.52. The van der Waals surface area contributed by atoms with Gasteiger partial charge < -0.3 is 15.0 Å². The van der Waals surface area contributed by atoms with Crippen molar-refractivity contribution in [1.82, 2.24) is 5.32 Å². The van der Waals surface area contributed by atoms with Crippen LogP contribution in [0.5, 0.6) is 5.75 Å². The van der Waals surface area contributed by atoms with Crippen molar-refractivity contribution < 1.29 is 4.74 Å². The number of nitrogens with zero attached hydrogens (tertiary/aromatic N) is 1. The van der Waals surface area contributed by atoms with E-state index >= 15 is 0 Å². The summed E-state index contributed by atoms with van der Waals surface area (Å²) in [5.74, 6) is 1.76. The molecule has 0 spiro atoms. The zero-order valence-electron chi connectivity index (χ0n) is 9.70. The van der Waals surface area contributed by atoms with Gasteiger partial charge in [-0.1, -0.05) is 12.1 Å². The van der Waals surface area contributed by atoms with E-state index in [1.807, 2.05) is 0 Å². The van der Waals surface area contributed by atoms with Crippen molar-refractivity contribution in [2.45, 2.75) is 6.42 Å². The van der Waals surface area contributed by atoms with Gasteiger partial charge in [0.25, 0.3) is 0 Å². The molecule has 0 amide bonds. The lowest BCUT2D eigenvalue weighted by Gasteiger charge is -2.27. The van der Waals surface area contributed by atoms with Crippen molar-refractivity contribution in [3.63, 3.8) is 0 Å². The summed E-state index contributed by atoms with van der Waals surface area (Å²) in [6.45, 7) is 4.16. The number of hydrogen-bond acceptors (Lipinski definition) is 3. The molecule has 0 atom stereocenters. The van der Waals surface area contributed by atoms with Crippen LogP contribution in [-0.2, 0) is 6.42 Å². The molecule has 0 saturated carbocycles. The second-order valence-electron chi connectivity index (χ2n) is 4.77. The molecule has 2 aliphatic heterocycles. The maximum absolute atomic E-state index is 5.94. The summed E-state index contributed by atoms with van der Waals surface area (Å²) in [4.78, 5) is 2.30. The molecule has 16 heavy (non-hydrogen) atoms. The third kappa shape index (κ3) is 1.65. The standard InChI is InChI=1S/C13H18N2O/c1-15-6-5-11-3-2-4-12(13(11)15)16-9-10-7-14-8-10/h2-4,10,14H,5-9H2,1H3. The van der Waals surface area contributed by atoms with Gasteiger partial charge in [0, 0.05) is 32.6 Å². The number of anilines is 1. The molecule has 1 fully saturated rings. The van der Waals surface area contributed by atoms with Gasteiger partial charge >= 0.3 is 0 Å². The number of likely N-dealkylation sites (N-methyl/N-ethyl adjacent to an activating group) is 1. The summed E-state index contributed by atoms with van der Waals surface area (Å²) in [7, 11) is 2.14. The van der Waals surface area contributed by atoms with Gasteiger partial charge in [-0.25, -0.2) is 0 Å². The Morgan fingerprint density at radius 3 is 3.06 bits per heavy atom. The van der Waals surface area contributed by atoms with Gasteiger partial charge in [-0.3, -0.25) is 0 Å². The summed E-state index contributed by atoms with van der Waals surface area (Å²) < 4.78 is 5.94. The lowest BCUT2D eigenvalue weighted by Crippen LogP contribution is -2.45. The first-order valence-corrected chi connectivity index (χ1v) is 6.01. The maximum atomic E-state index is 5.94. The summed E-state index contributed by atoms with van der Waals surface area (Å²) in [6, 6.07) is 6.40. The monoisotopic (exact) mass is 218 g/mol. The third-order valence-corrected chi connectivity index (χ3v) is 3.52. The first-order valence-electron chi connectivity index (χ1n) is 6.01. The van der Waals surface area contributed by atoms with E-state index in [2.05, 4.69) is 35.5 Å². The molecule has 2 aliphatic rings. The van der Waals surface area contributed by atoms with Crippen LogP contribution in [0.4, 0.5) is 5.69 Å². The van der Waals surface area contributed by atoms with E-state index in [9.17, 15) is 0 Å².